The number of carboxylic acid groups (broad SMARTS) is 1. The molecule has 1 aromatic carbocycles. The number of ether oxygens (including phenoxy) is 1. The number of thiophene rings is 1. The number of aromatic nitrogens is 1. The average Bonchev–Trinajstić information content (AvgIpc) is 3.05. The standard InChI is InChI=1S/C18H13FN2O4S/c1-25-14-6-5-11(8-20-14)16-15(18(23)24)13(9-26-16)21-17(22)10-3-2-4-12(19)7-10/h2-9H,1H3,(H,21,22)(H,23,24). The van der Waals surface area contributed by atoms with E-state index in [-0.39, 0.29) is 16.8 Å². The normalized spacial score (nSPS) is 10.4. The molecule has 3 aromatic rings. The molecule has 2 N–H and O–H groups in total. The van der Waals surface area contributed by atoms with Gasteiger partial charge in [-0.3, -0.25) is 4.79 Å². The minimum absolute atomic E-state index is 0.0493. The van der Waals surface area contributed by atoms with E-state index >= 15 is 0 Å². The van der Waals surface area contributed by atoms with Crippen LogP contribution >= 0.6 is 11.3 Å². The third kappa shape index (κ3) is 3.55. The number of nitrogens with zero attached hydrogens (tertiary/aromatic N) is 1. The maximum atomic E-state index is 13.3. The topological polar surface area (TPSA) is 88.5 Å². The number of pyridine rings is 1. The van der Waals surface area contributed by atoms with Gasteiger partial charge in [0.15, 0.2) is 0 Å². The first-order valence-electron chi connectivity index (χ1n) is 7.41. The lowest BCUT2D eigenvalue weighted by Crippen LogP contribution is -2.14. The Morgan fingerprint density at radius 3 is 2.69 bits per heavy atom. The van der Waals surface area contributed by atoms with Crippen molar-refractivity contribution in [2.45, 2.75) is 0 Å². The molecule has 0 fully saturated rings. The van der Waals surface area contributed by atoms with Crippen molar-refractivity contribution >= 4 is 28.9 Å². The number of benzene rings is 1. The van der Waals surface area contributed by atoms with E-state index in [1.54, 1.807) is 12.1 Å². The van der Waals surface area contributed by atoms with Crippen LogP contribution in [0.2, 0.25) is 0 Å². The van der Waals surface area contributed by atoms with Crippen LogP contribution in [0.3, 0.4) is 0 Å². The summed E-state index contributed by atoms with van der Waals surface area (Å²) < 4.78 is 18.3. The summed E-state index contributed by atoms with van der Waals surface area (Å²) in [5.74, 6) is -1.93. The molecule has 132 valence electrons. The van der Waals surface area contributed by atoms with Gasteiger partial charge in [-0.15, -0.1) is 11.3 Å². The zero-order valence-corrected chi connectivity index (χ0v) is 14.3. The van der Waals surface area contributed by atoms with Gasteiger partial charge >= 0.3 is 5.97 Å². The minimum atomic E-state index is -1.19. The Hall–Kier alpha value is -3.26. The third-order valence-corrected chi connectivity index (χ3v) is 4.58. The monoisotopic (exact) mass is 372 g/mol. The Kier molecular flexibility index (Phi) is 4.94. The van der Waals surface area contributed by atoms with Crippen LogP contribution in [0.1, 0.15) is 20.7 Å². The van der Waals surface area contributed by atoms with Gasteiger partial charge in [0.05, 0.1) is 17.7 Å². The van der Waals surface area contributed by atoms with Gasteiger partial charge in [0.1, 0.15) is 11.4 Å². The number of carboxylic acids is 1. The smallest absolute Gasteiger partial charge is 0.339 e. The highest BCUT2D eigenvalue weighted by atomic mass is 32.1. The van der Waals surface area contributed by atoms with Gasteiger partial charge in [-0.05, 0) is 24.3 Å². The number of anilines is 1. The molecule has 0 radical (unpaired) electrons. The summed E-state index contributed by atoms with van der Waals surface area (Å²) in [5, 5.41) is 13.6. The van der Waals surface area contributed by atoms with Crippen LogP contribution in [0.5, 0.6) is 5.88 Å². The first-order chi connectivity index (χ1) is 12.5. The fourth-order valence-corrected chi connectivity index (χ4v) is 3.32. The van der Waals surface area contributed by atoms with E-state index in [1.807, 2.05) is 0 Å². The number of hydrogen-bond acceptors (Lipinski definition) is 5. The quantitative estimate of drug-likeness (QED) is 0.709. The molecule has 0 spiro atoms. The Morgan fingerprint density at radius 2 is 2.08 bits per heavy atom. The van der Waals surface area contributed by atoms with Crippen molar-refractivity contribution in [3.63, 3.8) is 0 Å². The van der Waals surface area contributed by atoms with Crippen molar-refractivity contribution < 1.29 is 23.8 Å². The Bertz CT molecular complexity index is 970. The van der Waals surface area contributed by atoms with Crippen LogP contribution in [0, 0.1) is 5.82 Å². The molecule has 2 aromatic heterocycles. The Balaban J connectivity index is 1.94. The molecule has 8 heteroatoms. The molecule has 0 aliphatic rings. The first-order valence-corrected chi connectivity index (χ1v) is 8.29. The summed E-state index contributed by atoms with van der Waals surface area (Å²) in [6, 6.07) is 8.45. The van der Waals surface area contributed by atoms with Crippen LogP contribution in [-0.4, -0.2) is 29.1 Å². The summed E-state index contributed by atoms with van der Waals surface area (Å²) in [7, 11) is 1.48. The fourth-order valence-electron chi connectivity index (χ4n) is 2.33. The van der Waals surface area contributed by atoms with Crippen LogP contribution in [0.15, 0.2) is 48.0 Å². The molecule has 26 heavy (non-hydrogen) atoms. The molecule has 0 atom stereocenters. The van der Waals surface area contributed by atoms with Crippen molar-refractivity contribution in [3.05, 3.63) is 64.9 Å². The summed E-state index contributed by atoms with van der Waals surface area (Å²) in [4.78, 5) is 28.5. The van der Waals surface area contributed by atoms with Gasteiger partial charge in [0, 0.05) is 28.8 Å². The number of nitrogens with one attached hydrogen (secondary N) is 1. The minimum Gasteiger partial charge on any atom is -0.481 e. The predicted molar refractivity (Wildman–Crippen MR) is 95.4 cm³/mol. The number of aromatic carboxylic acids is 1. The van der Waals surface area contributed by atoms with Gasteiger partial charge < -0.3 is 15.2 Å². The van der Waals surface area contributed by atoms with E-state index in [0.29, 0.717) is 16.3 Å². The summed E-state index contributed by atoms with van der Waals surface area (Å²) >= 11 is 1.16. The average molecular weight is 372 g/mol. The molecule has 0 unspecified atom stereocenters. The van der Waals surface area contributed by atoms with Crippen LogP contribution in [0.4, 0.5) is 10.1 Å². The molecule has 6 nitrogen and oxygen atoms in total. The van der Waals surface area contributed by atoms with E-state index in [0.717, 1.165) is 17.4 Å². The van der Waals surface area contributed by atoms with Gasteiger partial charge in [-0.25, -0.2) is 14.2 Å². The molecular weight excluding hydrogens is 359 g/mol. The molecule has 1 amide bonds. The third-order valence-electron chi connectivity index (χ3n) is 3.55. The lowest BCUT2D eigenvalue weighted by Gasteiger charge is -2.07. The van der Waals surface area contributed by atoms with Crippen LogP contribution < -0.4 is 10.1 Å². The van der Waals surface area contributed by atoms with Gasteiger partial charge in [0.2, 0.25) is 5.88 Å². The molecule has 0 aliphatic heterocycles. The Morgan fingerprint density at radius 1 is 1.27 bits per heavy atom. The SMILES string of the molecule is COc1ccc(-c2scc(NC(=O)c3cccc(F)c3)c2C(=O)O)cn1. The summed E-state index contributed by atoms with van der Waals surface area (Å²) in [6.45, 7) is 0. The number of rotatable bonds is 5. The maximum absolute atomic E-state index is 13.3. The molecule has 0 aliphatic carbocycles. The second-order valence-corrected chi connectivity index (χ2v) is 6.09. The van der Waals surface area contributed by atoms with E-state index in [4.69, 9.17) is 4.74 Å². The van der Waals surface area contributed by atoms with Crippen LogP contribution in [0.25, 0.3) is 10.4 Å². The van der Waals surface area contributed by atoms with E-state index < -0.39 is 17.7 Å². The molecule has 0 bridgehead atoms. The van der Waals surface area contributed by atoms with Gasteiger partial charge in [0.25, 0.3) is 5.91 Å². The van der Waals surface area contributed by atoms with E-state index in [2.05, 4.69) is 10.3 Å². The maximum Gasteiger partial charge on any atom is 0.339 e. The number of halogens is 1. The van der Waals surface area contributed by atoms with E-state index in [1.165, 1.54) is 36.9 Å². The highest BCUT2D eigenvalue weighted by Crippen LogP contribution is 2.36. The molecule has 2 heterocycles. The second-order valence-electron chi connectivity index (χ2n) is 5.21. The van der Waals surface area contributed by atoms with Crippen molar-refractivity contribution in [2.75, 3.05) is 12.4 Å². The van der Waals surface area contributed by atoms with Crippen molar-refractivity contribution in [1.82, 2.24) is 4.98 Å². The number of methoxy groups -OCH3 is 1. The van der Waals surface area contributed by atoms with Crippen molar-refractivity contribution in [3.8, 4) is 16.3 Å². The summed E-state index contributed by atoms with van der Waals surface area (Å²) in [6.07, 6.45) is 1.50. The fraction of sp³-hybridized carbons (Fsp3) is 0.0556. The first kappa shape index (κ1) is 17.6. The van der Waals surface area contributed by atoms with Gasteiger partial charge in [-0.2, -0.15) is 0 Å². The zero-order chi connectivity index (χ0) is 18.7. The lowest BCUT2D eigenvalue weighted by atomic mass is 10.1. The predicted octanol–water partition coefficient (Wildman–Crippen LogP) is 3.91. The largest absolute Gasteiger partial charge is 0.481 e. The second kappa shape index (κ2) is 7.32. The zero-order valence-electron chi connectivity index (χ0n) is 13.5. The summed E-state index contributed by atoms with van der Waals surface area (Å²) in [5.41, 5.74) is 0.772. The Labute approximate surface area is 151 Å². The number of amides is 1. The number of carbonyl (C=O) groups excluding carboxylic acids is 1. The lowest BCUT2D eigenvalue weighted by molar-refractivity contribution is 0.0699. The molecular formula is C18H13FN2O4S. The molecule has 3 rings (SSSR count). The van der Waals surface area contributed by atoms with Gasteiger partial charge in [-0.1, -0.05) is 6.07 Å². The van der Waals surface area contributed by atoms with Crippen LogP contribution in [-0.2, 0) is 0 Å². The van der Waals surface area contributed by atoms with Crippen molar-refractivity contribution in [1.29, 1.82) is 0 Å². The number of hydrogen-bond donors (Lipinski definition) is 2. The molecule has 0 saturated carbocycles. The number of carbonyl (C=O) groups is 2. The molecule has 0 saturated heterocycles. The highest BCUT2D eigenvalue weighted by molar-refractivity contribution is 7.14. The van der Waals surface area contributed by atoms with E-state index in [9.17, 15) is 19.1 Å². The highest BCUT2D eigenvalue weighted by Gasteiger charge is 2.22. The van der Waals surface area contributed by atoms with Crippen molar-refractivity contribution in [2.24, 2.45) is 0 Å².